The number of thioether (sulfide) groups is 1. The molecule has 1 amide bonds. The fraction of sp³-hybridized carbons (Fsp3) is 0.154. The van der Waals surface area contributed by atoms with Gasteiger partial charge in [0.1, 0.15) is 5.75 Å². The summed E-state index contributed by atoms with van der Waals surface area (Å²) in [6.07, 6.45) is 0. The molecular weight excluding hydrogens is 553 g/mol. The first-order valence-corrected chi connectivity index (χ1v) is 13.3. The van der Waals surface area contributed by atoms with Gasteiger partial charge in [0.15, 0.2) is 11.0 Å². The Morgan fingerprint density at radius 2 is 1.70 bits per heavy atom. The maximum absolute atomic E-state index is 12.6. The first kappa shape index (κ1) is 27.0. The van der Waals surface area contributed by atoms with Crippen LogP contribution < -0.4 is 10.2 Å². The molecule has 0 bridgehead atoms. The van der Waals surface area contributed by atoms with Crippen LogP contribution in [-0.4, -0.2) is 38.7 Å². The second-order valence-electron chi connectivity index (χ2n) is 7.72. The highest BCUT2D eigenvalue weighted by Crippen LogP contribution is 2.29. The minimum atomic E-state index is -0.302. The van der Waals surface area contributed by atoms with Crippen molar-refractivity contribution >= 4 is 58.2 Å². The van der Waals surface area contributed by atoms with Crippen LogP contribution >= 0.6 is 46.6 Å². The van der Waals surface area contributed by atoms with Crippen LogP contribution in [0.4, 0.5) is 0 Å². The second kappa shape index (κ2) is 12.5. The van der Waals surface area contributed by atoms with Crippen LogP contribution in [0, 0.1) is 0 Å². The molecule has 0 saturated heterocycles. The van der Waals surface area contributed by atoms with E-state index < -0.39 is 0 Å². The Labute approximate surface area is 233 Å². The van der Waals surface area contributed by atoms with Gasteiger partial charge >= 0.3 is 0 Å². The smallest absolute Gasteiger partial charge is 0.250 e. The minimum Gasteiger partial charge on any atom is -0.494 e. The van der Waals surface area contributed by atoms with E-state index in [1.807, 2.05) is 47.9 Å². The average Bonchev–Trinajstić information content (AvgIpc) is 3.31. The monoisotopic (exact) mass is 573 g/mol. The van der Waals surface area contributed by atoms with Gasteiger partial charge in [-0.25, -0.2) is 5.43 Å². The van der Waals surface area contributed by atoms with E-state index in [0.717, 1.165) is 17.0 Å². The van der Waals surface area contributed by atoms with Gasteiger partial charge in [-0.15, -0.1) is 10.2 Å². The van der Waals surface area contributed by atoms with E-state index in [1.165, 1.54) is 11.8 Å². The van der Waals surface area contributed by atoms with E-state index in [2.05, 4.69) is 20.7 Å². The van der Waals surface area contributed by atoms with Crippen molar-refractivity contribution in [2.75, 3.05) is 12.4 Å². The van der Waals surface area contributed by atoms with Crippen LogP contribution in [0.15, 0.2) is 77.0 Å². The van der Waals surface area contributed by atoms with Gasteiger partial charge < -0.3 is 4.74 Å². The number of carbonyl (C=O) groups is 1. The van der Waals surface area contributed by atoms with Gasteiger partial charge in [-0.1, -0.05) is 52.6 Å². The highest BCUT2D eigenvalue weighted by Gasteiger charge is 2.18. The van der Waals surface area contributed by atoms with Crippen LogP contribution in [0.5, 0.6) is 5.75 Å². The predicted molar refractivity (Wildman–Crippen MR) is 151 cm³/mol. The molecule has 1 heterocycles. The molecule has 190 valence electrons. The number of hydrogen-bond donors (Lipinski definition) is 1. The van der Waals surface area contributed by atoms with Crippen LogP contribution in [0.3, 0.4) is 0 Å². The third-order valence-corrected chi connectivity index (χ3v) is 6.87. The summed E-state index contributed by atoms with van der Waals surface area (Å²) < 4.78 is 7.45. The quantitative estimate of drug-likeness (QED) is 0.133. The third kappa shape index (κ3) is 6.84. The molecule has 1 N–H and O–H groups in total. The molecule has 3 aromatic carbocycles. The number of benzene rings is 3. The lowest BCUT2D eigenvalue weighted by molar-refractivity contribution is -0.118. The van der Waals surface area contributed by atoms with Gasteiger partial charge in [0.2, 0.25) is 0 Å². The lowest BCUT2D eigenvalue weighted by atomic mass is 10.1. The molecule has 0 atom stereocenters. The predicted octanol–water partition coefficient (Wildman–Crippen LogP) is 6.93. The molecule has 0 spiro atoms. The minimum absolute atomic E-state index is 0.0703. The van der Waals surface area contributed by atoms with Gasteiger partial charge in [0, 0.05) is 26.9 Å². The SMILES string of the molecule is CCOc1ccc(-n2c(SCC(=O)N/N=C(/C)c3ccc(Cl)cc3Cl)nnc2-c2ccc(Cl)cc2)cc1. The zero-order valence-corrected chi connectivity index (χ0v) is 23.0. The molecule has 4 aromatic rings. The fourth-order valence-electron chi connectivity index (χ4n) is 3.39. The summed E-state index contributed by atoms with van der Waals surface area (Å²) in [4.78, 5) is 12.6. The van der Waals surface area contributed by atoms with Crippen LogP contribution in [-0.2, 0) is 4.79 Å². The molecule has 37 heavy (non-hydrogen) atoms. The molecule has 0 radical (unpaired) electrons. The zero-order chi connectivity index (χ0) is 26.4. The summed E-state index contributed by atoms with van der Waals surface area (Å²) in [7, 11) is 0. The van der Waals surface area contributed by atoms with Gasteiger partial charge in [0.25, 0.3) is 5.91 Å². The number of hydrazone groups is 1. The van der Waals surface area contributed by atoms with Gasteiger partial charge in [-0.05, 0) is 74.5 Å². The van der Waals surface area contributed by atoms with E-state index in [-0.39, 0.29) is 11.7 Å². The van der Waals surface area contributed by atoms with Crippen LogP contribution in [0.25, 0.3) is 17.1 Å². The number of aromatic nitrogens is 3. The average molecular weight is 575 g/mol. The number of amides is 1. The molecule has 0 saturated carbocycles. The summed E-state index contributed by atoms with van der Waals surface area (Å²) in [6.45, 7) is 4.26. The van der Waals surface area contributed by atoms with E-state index in [1.54, 1.807) is 37.3 Å². The Hall–Kier alpha value is -3.04. The summed E-state index contributed by atoms with van der Waals surface area (Å²) in [5.74, 6) is 1.15. The molecular formula is C26H22Cl3N5O2S. The summed E-state index contributed by atoms with van der Waals surface area (Å²) in [5.41, 5.74) is 5.47. The molecule has 0 aliphatic carbocycles. The Morgan fingerprint density at radius 1 is 1.00 bits per heavy atom. The topological polar surface area (TPSA) is 81.4 Å². The van der Waals surface area contributed by atoms with E-state index in [9.17, 15) is 4.79 Å². The van der Waals surface area contributed by atoms with E-state index in [4.69, 9.17) is 39.5 Å². The number of rotatable bonds is 9. The fourth-order valence-corrected chi connectivity index (χ4v) is 4.81. The standard InChI is InChI=1S/C26H22Cl3N5O2S/c1-3-36-21-11-9-20(10-12-21)34-25(17-4-6-18(27)7-5-17)32-33-26(34)37-15-24(35)31-30-16(2)22-13-8-19(28)14-23(22)29/h4-14H,3,15H2,1-2H3,(H,31,35)/b30-16-. The number of carbonyl (C=O) groups excluding carboxylic acids is 1. The Kier molecular flexibility index (Phi) is 9.10. The summed E-state index contributed by atoms with van der Waals surface area (Å²) in [6, 6.07) is 20.0. The van der Waals surface area contributed by atoms with Gasteiger partial charge in [-0.2, -0.15) is 5.10 Å². The lowest BCUT2D eigenvalue weighted by Crippen LogP contribution is -2.21. The van der Waals surface area contributed by atoms with Crippen LogP contribution in [0.2, 0.25) is 15.1 Å². The molecule has 4 rings (SSSR count). The van der Waals surface area contributed by atoms with Gasteiger partial charge in [-0.3, -0.25) is 9.36 Å². The largest absolute Gasteiger partial charge is 0.494 e. The van der Waals surface area contributed by atoms with Crippen molar-refractivity contribution in [1.29, 1.82) is 0 Å². The van der Waals surface area contributed by atoms with Crippen molar-refractivity contribution in [2.24, 2.45) is 5.10 Å². The number of nitrogens with zero attached hydrogens (tertiary/aromatic N) is 4. The molecule has 0 unspecified atom stereocenters. The normalized spacial score (nSPS) is 11.4. The van der Waals surface area contributed by atoms with Crippen molar-refractivity contribution in [3.8, 4) is 22.8 Å². The highest BCUT2D eigenvalue weighted by molar-refractivity contribution is 7.99. The second-order valence-corrected chi connectivity index (χ2v) is 9.94. The Morgan fingerprint density at radius 3 is 2.38 bits per heavy atom. The van der Waals surface area contributed by atoms with Crippen molar-refractivity contribution in [1.82, 2.24) is 20.2 Å². The number of halogens is 3. The molecule has 0 aliphatic heterocycles. The first-order valence-electron chi connectivity index (χ1n) is 11.2. The number of nitrogens with one attached hydrogen (secondary N) is 1. The zero-order valence-electron chi connectivity index (χ0n) is 19.9. The summed E-state index contributed by atoms with van der Waals surface area (Å²) >= 11 is 19.5. The van der Waals surface area contributed by atoms with E-state index >= 15 is 0 Å². The highest BCUT2D eigenvalue weighted by atomic mass is 35.5. The maximum atomic E-state index is 12.6. The Balaban J connectivity index is 1.54. The van der Waals surface area contributed by atoms with Crippen molar-refractivity contribution in [3.05, 3.63) is 87.4 Å². The molecule has 11 heteroatoms. The molecule has 1 aromatic heterocycles. The number of ether oxygens (including phenoxy) is 1. The van der Waals surface area contributed by atoms with Crippen molar-refractivity contribution < 1.29 is 9.53 Å². The molecule has 0 aliphatic rings. The number of hydrogen-bond acceptors (Lipinski definition) is 6. The third-order valence-electron chi connectivity index (χ3n) is 5.14. The molecule has 0 fully saturated rings. The van der Waals surface area contributed by atoms with Crippen molar-refractivity contribution in [2.45, 2.75) is 19.0 Å². The van der Waals surface area contributed by atoms with Crippen molar-refractivity contribution in [3.63, 3.8) is 0 Å². The maximum Gasteiger partial charge on any atom is 0.250 e. The first-order chi connectivity index (χ1) is 17.9. The van der Waals surface area contributed by atoms with Crippen LogP contribution in [0.1, 0.15) is 19.4 Å². The Bertz CT molecular complexity index is 1420. The van der Waals surface area contributed by atoms with Gasteiger partial charge in [0.05, 0.1) is 23.1 Å². The van der Waals surface area contributed by atoms with E-state index in [0.29, 0.717) is 43.9 Å². The summed E-state index contributed by atoms with van der Waals surface area (Å²) in [5, 5.41) is 15.1. The lowest BCUT2D eigenvalue weighted by Gasteiger charge is -2.11. The molecule has 7 nitrogen and oxygen atoms in total.